The highest BCUT2D eigenvalue weighted by molar-refractivity contribution is 6.14. The fourth-order valence-corrected chi connectivity index (χ4v) is 4.83. The van der Waals surface area contributed by atoms with Crippen LogP contribution in [0.2, 0.25) is 0 Å². The first-order valence-corrected chi connectivity index (χ1v) is 13.0. The zero-order valence-corrected chi connectivity index (χ0v) is 22.3. The maximum absolute atomic E-state index is 15.8. The van der Waals surface area contributed by atoms with Crippen molar-refractivity contribution in [3.63, 3.8) is 0 Å². The van der Waals surface area contributed by atoms with Crippen molar-refractivity contribution in [3.05, 3.63) is 131 Å². The van der Waals surface area contributed by atoms with Gasteiger partial charge in [0.2, 0.25) is 0 Å². The molecule has 0 saturated carbocycles. The molecule has 0 radical (unpaired) electrons. The number of halogens is 1. The fourth-order valence-electron chi connectivity index (χ4n) is 4.83. The number of nitrogens with zero attached hydrogens (tertiary/aromatic N) is 2. The third-order valence-corrected chi connectivity index (χ3v) is 6.98. The lowest BCUT2D eigenvalue weighted by atomic mass is 10.0. The van der Waals surface area contributed by atoms with E-state index >= 15 is 4.39 Å². The summed E-state index contributed by atoms with van der Waals surface area (Å²) >= 11 is 0. The van der Waals surface area contributed by atoms with Crippen LogP contribution in [0.1, 0.15) is 32.6 Å². The number of methoxy groups -OCH3 is 1. The second-order valence-electron chi connectivity index (χ2n) is 9.74. The van der Waals surface area contributed by atoms with Crippen LogP contribution in [0.15, 0.2) is 102 Å². The average Bonchev–Trinajstić information content (AvgIpc) is 3.38. The van der Waals surface area contributed by atoms with Crippen molar-refractivity contribution in [3.8, 4) is 5.75 Å². The van der Waals surface area contributed by atoms with Crippen LogP contribution in [0, 0.1) is 19.7 Å². The number of aryl methyl sites for hydroxylation is 2. The van der Waals surface area contributed by atoms with Crippen LogP contribution in [-0.2, 0) is 4.74 Å². The molecule has 1 aliphatic rings. The van der Waals surface area contributed by atoms with E-state index < -0.39 is 18.0 Å². The second-order valence-corrected chi connectivity index (χ2v) is 9.74. The Balaban J connectivity index is 1.42. The predicted molar refractivity (Wildman–Crippen MR) is 152 cm³/mol. The SMILES string of the molecule is CO[C@@H]1CN(C(=O)c2cc(C)ccc2C)C[C@H]1Oc1cccc(N=C(c2ccccc2)c2ccccc2)c1F. The third kappa shape index (κ3) is 5.76. The molecule has 4 aromatic carbocycles. The Labute approximate surface area is 228 Å². The van der Waals surface area contributed by atoms with Crippen LogP contribution in [0.5, 0.6) is 5.75 Å². The highest BCUT2D eigenvalue weighted by Gasteiger charge is 2.38. The van der Waals surface area contributed by atoms with Gasteiger partial charge in [-0.25, -0.2) is 9.38 Å². The maximum atomic E-state index is 15.8. The summed E-state index contributed by atoms with van der Waals surface area (Å²) in [5, 5.41) is 0. The van der Waals surface area contributed by atoms with Gasteiger partial charge in [0.1, 0.15) is 17.9 Å². The van der Waals surface area contributed by atoms with E-state index in [2.05, 4.69) is 0 Å². The van der Waals surface area contributed by atoms with Crippen molar-refractivity contribution in [1.29, 1.82) is 0 Å². The van der Waals surface area contributed by atoms with Gasteiger partial charge in [0, 0.05) is 23.8 Å². The standard InChI is InChI=1S/C33H31FN2O3/c1-22-17-18-23(2)26(19-22)33(37)36-20-29(38-3)30(21-36)39-28-16-10-15-27(31(28)34)35-32(24-11-6-4-7-12-24)25-13-8-5-9-14-25/h4-19,29-30H,20-21H2,1-3H3/t29-,30-/m1/s1. The van der Waals surface area contributed by atoms with Gasteiger partial charge in [-0.15, -0.1) is 0 Å². The molecule has 39 heavy (non-hydrogen) atoms. The van der Waals surface area contributed by atoms with E-state index in [4.69, 9.17) is 14.5 Å². The van der Waals surface area contributed by atoms with Crippen molar-refractivity contribution in [2.45, 2.75) is 26.1 Å². The quantitative estimate of drug-likeness (QED) is 0.259. The lowest BCUT2D eigenvalue weighted by molar-refractivity contribution is 0.0323. The van der Waals surface area contributed by atoms with Crippen molar-refractivity contribution in [2.75, 3.05) is 20.2 Å². The number of carbonyl (C=O) groups is 1. The van der Waals surface area contributed by atoms with Gasteiger partial charge < -0.3 is 14.4 Å². The van der Waals surface area contributed by atoms with Crippen molar-refractivity contribution in [1.82, 2.24) is 4.90 Å². The Morgan fingerprint density at radius 1 is 0.846 bits per heavy atom. The summed E-state index contributed by atoms with van der Waals surface area (Å²) in [6.45, 7) is 4.53. The summed E-state index contributed by atoms with van der Waals surface area (Å²) in [6.07, 6.45) is -0.921. The van der Waals surface area contributed by atoms with Gasteiger partial charge in [0.15, 0.2) is 11.6 Å². The minimum atomic E-state index is -0.559. The molecule has 1 aliphatic heterocycles. The van der Waals surface area contributed by atoms with Gasteiger partial charge in [0.25, 0.3) is 5.91 Å². The number of ether oxygens (including phenoxy) is 2. The number of rotatable bonds is 7. The van der Waals surface area contributed by atoms with E-state index in [-0.39, 0.29) is 23.9 Å². The van der Waals surface area contributed by atoms with E-state index in [1.165, 1.54) is 0 Å². The zero-order chi connectivity index (χ0) is 27.4. The molecule has 0 aliphatic carbocycles. The molecular formula is C33H31FN2O3. The molecule has 6 heteroatoms. The van der Waals surface area contributed by atoms with Crippen molar-refractivity contribution >= 4 is 17.3 Å². The molecule has 5 rings (SSSR count). The molecule has 0 aromatic heterocycles. The first-order valence-electron chi connectivity index (χ1n) is 13.0. The molecule has 0 unspecified atom stereocenters. The van der Waals surface area contributed by atoms with Crippen LogP contribution in [-0.4, -0.2) is 48.9 Å². The fraction of sp³-hybridized carbons (Fsp3) is 0.212. The number of amides is 1. The number of aliphatic imine (C=N–C) groups is 1. The van der Waals surface area contributed by atoms with E-state index in [0.717, 1.165) is 22.3 Å². The van der Waals surface area contributed by atoms with Crippen LogP contribution in [0.4, 0.5) is 10.1 Å². The highest BCUT2D eigenvalue weighted by atomic mass is 19.1. The normalized spacial score (nSPS) is 16.7. The lowest BCUT2D eigenvalue weighted by Crippen LogP contribution is -2.32. The molecule has 0 N–H and O–H groups in total. The van der Waals surface area contributed by atoms with Crippen molar-refractivity contribution in [2.24, 2.45) is 4.99 Å². The summed E-state index contributed by atoms with van der Waals surface area (Å²) in [4.78, 5) is 19.8. The largest absolute Gasteiger partial charge is 0.483 e. The first-order chi connectivity index (χ1) is 18.9. The number of hydrogen-bond acceptors (Lipinski definition) is 4. The number of benzene rings is 4. The molecule has 0 spiro atoms. The maximum Gasteiger partial charge on any atom is 0.254 e. The topological polar surface area (TPSA) is 51.1 Å². The van der Waals surface area contributed by atoms with E-state index in [9.17, 15) is 4.79 Å². The second kappa shape index (κ2) is 11.6. The number of likely N-dealkylation sites (tertiary alicyclic amines) is 1. The molecule has 1 heterocycles. The molecular weight excluding hydrogens is 491 g/mol. The van der Waals surface area contributed by atoms with Crippen LogP contribution in [0.25, 0.3) is 0 Å². The Morgan fingerprint density at radius 3 is 2.13 bits per heavy atom. The molecule has 0 bridgehead atoms. The first kappa shape index (κ1) is 26.3. The monoisotopic (exact) mass is 522 g/mol. The van der Waals surface area contributed by atoms with Gasteiger partial charge in [-0.2, -0.15) is 0 Å². The average molecular weight is 523 g/mol. The summed E-state index contributed by atoms with van der Waals surface area (Å²) in [5.74, 6) is -0.570. The van der Waals surface area contributed by atoms with Crippen LogP contribution < -0.4 is 4.74 Å². The molecule has 4 aromatic rings. The molecule has 1 saturated heterocycles. The molecule has 1 fully saturated rings. The molecule has 198 valence electrons. The van der Waals surface area contributed by atoms with Gasteiger partial charge in [-0.1, -0.05) is 84.4 Å². The summed E-state index contributed by atoms with van der Waals surface area (Å²) < 4.78 is 27.6. The van der Waals surface area contributed by atoms with Gasteiger partial charge in [0.05, 0.1) is 18.8 Å². The predicted octanol–water partition coefficient (Wildman–Crippen LogP) is 6.53. The van der Waals surface area contributed by atoms with E-state index in [1.807, 2.05) is 92.7 Å². The molecule has 1 amide bonds. The number of hydrogen-bond donors (Lipinski definition) is 0. The molecule has 5 nitrogen and oxygen atoms in total. The number of carbonyl (C=O) groups excluding carboxylic acids is 1. The zero-order valence-electron chi connectivity index (χ0n) is 22.3. The van der Waals surface area contributed by atoms with Gasteiger partial charge in [-0.05, 0) is 37.6 Å². The Morgan fingerprint density at radius 2 is 1.49 bits per heavy atom. The van der Waals surface area contributed by atoms with E-state index in [1.54, 1.807) is 30.2 Å². The van der Waals surface area contributed by atoms with E-state index in [0.29, 0.717) is 17.8 Å². The minimum Gasteiger partial charge on any atom is -0.483 e. The minimum absolute atomic E-state index is 0.0739. The Bertz CT molecular complexity index is 1450. The summed E-state index contributed by atoms with van der Waals surface area (Å²) in [6, 6.07) is 30.2. The van der Waals surface area contributed by atoms with Crippen LogP contribution >= 0.6 is 0 Å². The summed E-state index contributed by atoms with van der Waals surface area (Å²) in [7, 11) is 1.58. The summed E-state index contributed by atoms with van der Waals surface area (Å²) in [5.41, 5.74) is 5.17. The van der Waals surface area contributed by atoms with Crippen molar-refractivity contribution < 1.29 is 18.7 Å². The molecule has 2 atom stereocenters. The Hall–Kier alpha value is -4.29. The van der Waals surface area contributed by atoms with Gasteiger partial charge >= 0.3 is 0 Å². The van der Waals surface area contributed by atoms with Gasteiger partial charge in [-0.3, -0.25) is 4.79 Å². The smallest absolute Gasteiger partial charge is 0.254 e. The highest BCUT2D eigenvalue weighted by Crippen LogP contribution is 2.31. The Kier molecular flexibility index (Phi) is 7.84. The van der Waals surface area contributed by atoms with Crippen LogP contribution in [0.3, 0.4) is 0 Å². The third-order valence-electron chi connectivity index (χ3n) is 6.98. The lowest BCUT2D eigenvalue weighted by Gasteiger charge is -2.19.